The summed E-state index contributed by atoms with van der Waals surface area (Å²) < 4.78 is 17.7. The minimum atomic E-state index is -0.598. The van der Waals surface area contributed by atoms with E-state index in [1.165, 1.54) is 4.68 Å². The summed E-state index contributed by atoms with van der Waals surface area (Å²) in [6, 6.07) is 11.5. The maximum absolute atomic E-state index is 12.6. The van der Waals surface area contributed by atoms with Crippen LogP contribution in [0.1, 0.15) is 26.3 Å². The van der Waals surface area contributed by atoms with E-state index in [0.29, 0.717) is 22.7 Å². The number of aryl methyl sites for hydroxylation is 1. The van der Waals surface area contributed by atoms with Crippen molar-refractivity contribution >= 4 is 17.0 Å². The van der Waals surface area contributed by atoms with Gasteiger partial charge in [-0.1, -0.05) is 11.6 Å². The van der Waals surface area contributed by atoms with Crippen LogP contribution in [0.15, 0.2) is 36.4 Å². The van der Waals surface area contributed by atoms with Gasteiger partial charge in [0.05, 0.1) is 5.52 Å². The molecule has 0 unspecified atom stereocenters. The van der Waals surface area contributed by atoms with Crippen molar-refractivity contribution < 1.29 is 19.0 Å². The summed E-state index contributed by atoms with van der Waals surface area (Å²) in [6.07, 6.45) is -0.502. The molecule has 6 nitrogen and oxygen atoms in total. The number of hydrogen-bond donors (Lipinski definition) is 0. The molecule has 2 heterocycles. The normalized spacial score (nSPS) is 13.2. The van der Waals surface area contributed by atoms with Gasteiger partial charge in [0.2, 0.25) is 6.79 Å². The maximum atomic E-state index is 12.6. The second-order valence-corrected chi connectivity index (χ2v) is 7.33. The smallest absolute Gasteiger partial charge is 0.435 e. The Labute approximate surface area is 151 Å². The van der Waals surface area contributed by atoms with Gasteiger partial charge in [0.1, 0.15) is 11.3 Å². The van der Waals surface area contributed by atoms with E-state index in [2.05, 4.69) is 5.10 Å². The number of carbonyl (C=O) groups excluding carboxylic acids is 1. The maximum Gasteiger partial charge on any atom is 0.435 e. The summed E-state index contributed by atoms with van der Waals surface area (Å²) in [6.45, 7) is 7.72. The summed E-state index contributed by atoms with van der Waals surface area (Å²) >= 11 is 0. The SMILES string of the molecule is Cc1ccc2c(c1)c(-c1ccc3c(c1)OCO3)nn2C(=O)OC(C)(C)C. The summed E-state index contributed by atoms with van der Waals surface area (Å²) in [5, 5.41) is 5.44. The van der Waals surface area contributed by atoms with Crippen LogP contribution in [-0.4, -0.2) is 28.3 Å². The highest BCUT2D eigenvalue weighted by atomic mass is 16.7. The lowest BCUT2D eigenvalue weighted by molar-refractivity contribution is 0.0523. The van der Waals surface area contributed by atoms with E-state index in [0.717, 1.165) is 16.5 Å². The fourth-order valence-electron chi connectivity index (χ4n) is 2.93. The minimum Gasteiger partial charge on any atom is -0.454 e. The lowest BCUT2D eigenvalue weighted by atomic mass is 10.1. The molecule has 0 spiro atoms. The van der Waals surface area contributed by atoms with E-state index < -0.39 is 11.7 Å². The number of benzene rings is 2. The zero-order chi connectivity index (χ0) is 18.5. The standard InChI is InChI=1S/C20H20N2O4/c1-12-5-7-15-14(9-12)18(21-22(15)19(23)26-20(2,3)4)13-6-8-16-17(10-13)25-11-24-16/h5-10H,11H2,1-4H3. The monoisotopic (exact) mass is 352 g/mol. The average Bonchev–Trinajstić information content (AvgIpc) is 3.16. The lowest BCUT2D eigenvalue weighted by Gasteiger charge is -2.19. The fraction of sp³-hybridized carbons (Fsp3) is 0.300. The molecule has 0 saturated heterocycles. The molecule has 4 rings (SSSR count). The second-order valence-electron chi connectivity index (χ2n) is 7.33. The number of aromatic nitrogens is 2. The van der Waals surface area contributed by atoms with Gasteiger partial charge in [-0.15, -0.1) is 0 Å². The first-order valence-electron chi connectivity index (χ1n) is 8.44. The van der Waals surface area contributed by atoms with E-state index in [4.69, 9.17) is 14.2 Å². The molecule has 0 N–H and O–H groups in total. The minimum absolute atomic E-state index is 0.213. The zero-order valence-electron chi connectivity index (χ0n) is 15.2. The van der Waals surface area contributed by atoms with Crippen molar-refractivity contribution in [3.63, 3.8) is 0 Å². The van der Waals surface area contributed by atoms with Crippen molar-refractivity contribution in [2.24, 2.45) is 0 Å². The summed E-state index contributed by atoms with van der Waals surface area (Å²) in [4.78, 5) is 12.6. The van der Waals surface area contributed by atoms with Crippen LogP contribution in [0.2, 0.25) is 0 Å². The Morgan fingerprint density at radius 2 is 1.88 bits per heavy atom. The fourth-order valence-corrected chi connectivity index (χ4v) is 2.93. The first-order valence-corrected chi connectivity index (χ1v) is 8.44. The van der Waals surface area contributed by atoms with Gasteiger partial charge in [0, 0.05) is 10.9 Å². The van der Waals surface area contributed by atoms with Gasteiger partial charge in [0.15, 0.2) is 11.5 Å². The molecule has 0 aliphatic carbocycles. The molecule has 1 aromatic heterocycles. The van der Waals surface area contributed by atoms with Gasteiger partial charge in [-0.3, -0.25) is 0 Å². The molecular weight excluding hydrogens is 332 g/mol. The third kappa shape index (κ3) is 2.87. The first kappa shape index (κ1) is 16.4. The van der Waals surface area contributed by atoms with Gasteiger partial charge < -0.3 is 14.2 Å². The Bertz CT molecular complexity index is 1010. The van der Waals surface area contributed by atoms with Crippen LogP contribution >= 0.6 is 0 Å². The first-order chi connectivity index (χ1) is 12.3. The summed E-state index contributed by atoms with van der Waals surface area (Å²) in [5.41, 5.74) is 2.75. The van der Waals surface area contributed by atoms with E-state index >= 15 is 0 Å². The molecular formula is C20H20N2O4. The largest absolute Gasteiger partial charge is 0.454 e. The molecule has 0 bridgehead atoms. The van der Waals surface area contributed by atoms with Crippen LogP contribution in [-0.2, 0) is 4.74 Å². The number of carbonyl (C=O) groups is 1. The van der Waals surface area contributed by atoms with Crippen LogP contribution in [0, 0.1) is 6.92 Å². The van der Waals surface area contributed by atoms with Crippen molar-refractivity contribution in [1.29, 1.82) is 0 Å². The van der Waals surface area contributed by atoms with Crippen LogP contribution < -0.4 is 9.47 Å². The molecule has 0 saturated carbocycles. The molecule has 1 aliphatic heterocycles. The Balaban J connectivity index is 1.87. The van der Waals surface area contributed by atoms with Crippen LogP contribution in [0.5, 0.6) is 11.5 Å². The molecule has 6 heteroatoms. The summed E-state index contributed by atoms with van der Waals surface area (Å²) in [5.74, 6) is 1.39. The number of ether oxygens (including phenoxy) is 3. The van der Waals surface area contributed by atoms with Crippen LogP contribution in [0.3, 0.4) is 0 Å². The van der Waals surface area contributed by atoms with Crippen molar-refractivity contribution in [1.82, 2.24) is 9.78 Å². The predicted octanol–water partition coefficient (Wildman–Crippen LogP) is 4.52. The number of fused-ring (bicyclic) bond motifs is 2. The van der Waals surface area contributed by atoms with E-state index in [1.807, 2.05) is 64.1 Å². The van der Waals surface area contributed by atoms with E-state index in [9.17, 15) is 4.79 Å². The molecule has 0 amide bonds. The topological polar surface area (TPSA) is 62.6 Å². The quantitative estimate of drug-likeness (QED) is 0.644. The van der Waals surface area contributed by atoms with Gasteiger partial charge in [-0.25, -0.2) is 4.79 Å². The predicted molar refractivity (Wildman–Crippen MR) is 97.7 cm³/mol. The Hall–Kier alpha value is -3.02. The molecule has 0 radical (unpaired) electrons. The van der Waals surface area contributed by atoms with Crippen LogP contribution in [0.25, 0.3) is 22.2 Å². The molecule has 1 aliphatic rings. The molecule has 2 aromatic carbocycles. The highest BCUT2D eigenvalue weighted by molar-refractivity contribution is 5.98. The van der Waals surface area contributed by atoms with Crippen molar-refractivity contribution in [2.75, 3.05) is 6.79 Å². The zero-order valence-corrected chi connectivity index (χ0v) is 15.2. The van der Waals surface area contributed by atoms with Crippen LogP contribution in [0.4, 0.5) is 4.79 Å². The van der Waals surface area contributed by atoms with Crippen molar-refractivity contribution in [3.8, 4) is 22.8 Å². The van der Waals surface area contributed by atoms with Crippen molar-refractivity contribution in [2.45, 2.75) is 33.3 Å². The third-order valence-corrected chi connectivity index (χ3v) is 4.05. The highest BCUT2D eigenvalue weighted by Gasteiger charge is 2.23. The van der Waals surface area contributed by atoms with Gasteiger partial charge in [-0.05, 0) is 58.0 Å². The molecule has 0 fully saturated rings. The lowest BCUT2D eigenvalue weighted by Crippen LogP contribution is -2.27. The molecule has 3 aromatic rings. The molecule has 26 heavy (non-hydrogen) atoms. The molecule has 0 atom stereocenters. The van der Waals surface area contributed by atoms with Gasteiger partial charge in [-0.2, -0.15) is 9.78 Å². The van der Waals surface area contributed by atoms with Gasteiger partial charge in [0.25, 0.3) is 0 Å². The van der Waals surface area contributed by atoms with E-state index in [-0.39, 0.29) is 6.79 Å². The Morgan fingerprint density at radius 1 is 1.12 bits per heavy atom. The van der Waals surface area contributed by atoms with Crippen molar-refractivity contribution in [3.05, 3.63) is 42.0 Å². The number of rotatable bonds is 1. The number of hydrogen-bond acceptors (Lipinski definition) is 5. The Kier molecular flexibility index (Phi) is 3.64. The highest BCUT2D eigenvalue weighted by Crippen LogP contribution is 2.37. The second kappa shape index (κ2) is 5.76. The Morgan fingerprint density at radius 3 is 2.65 bits per heavy atom. The van der Waals surface area contributed by atoms with Gasteiger partial charge >= 0.3 is 6.09 Å². The third-order valence-electron chi connectivity index (χ3n) is 4.05. The number of nitrogens with zero attached hydrogens (tertiary/aromatic N) is 2. The average molecular weight is 352 g/mol. The summed E-state index contributed by atoms with van der Waals surface area (Å²) in [7, 11) is 0. The van der Waals surface area contributed by atoms with E-state index in [1.54, 1.807) is 0 Å². The molecule has 134 valence electrons.